The normalized spacial score (nSPS) is 11.9. The Kier molecular flexibility index (Phi) is 6.87. The fourth-order valence-electron chi connectivity index (χ4n) is 1.98. The molecule has 1 atom stereocenters. The van der Waals surface area contributed by atoms with Crippen molar-refractivity contribution in [1.82, 2.24) is 5.32 Å². The van der Waals surface area contributed by atoms with E-state index < -0.39 is 0 Å². The van der Waals surface area contributed by atoms with Gasteiger partial charge in [-0.05, 0) is 31.4 Å². The number of nitrogens with two attached hydrogens (primary N) is 1. The first-order valence-corrected chi connectivity index (χ1v) is 7.03. The number of aliphatic hydroxyl groups excluding tert-OH is 1. The molecule has 1 aromatic rings. The molecule has 112 valence electrons. The monoisotopic (exact) mass is 280 g/mol. The molecule has 0 saturated heterocycles. The summed E-state index contributed by atoms with van der Waals surface area (Å²) in [5, 5.41) is 11.8. The summed E-state index contributed by atoms with van der Waals surface area (Å²) < 4.78 is 5.37. The highest BCUT2D eigenvalue weighted by Crippen LogP contribution is 2.19. The molecule has 0 aromatic heterocycles. The summed E-state index contributed by atoms with van der Waals surface area (Å²) in [4.78, 5) is 12.1. The van der Waals surface area contributed by atoms with E-state index in [-0.39, 0.29) is 18.4 Å². The number of amides is 1. The standard InChI is InChI=1S/C15H24N2O3/c1-3-11(5-6-18)10-17-15(19)12-7-13(16)9-14(8-12)20-4-2/h7-9,11,18H,3-6,10,16H2,1-2H3,(H,17,19). The van der Waals surface area contributed by atoms with Gasteiger partial charge in [0.1, 0.15) is 5.75 Å². The summed E-state index contributed by atoms with van der Waals surface area (Å²) >= 11 is 0. The average Bonchev–Trinajstić information content (AvgIpc) is 2.42. The van der Waals surface area contributed by atoms with Crippen LogP contribution in [0.4, 0.5) is 5.69 Å². The maximum atomic E-state index is 12.1. The highest BCUT2D eigenvalue weighted by Gasteiger charge is 2.11. The van der Waals surface area contributed by atoms with E-state index >= 15 is 0 Å². The van der Waals surface area contributed by atoms with Gasteiger partial charge in [0, 0.05) is 30.5 Å². The molecule has 1 aromatic carbocycles. The lowest BCUT2D eigenvalue weighted by atomic mass is 10.0. The van der Waals surface area contributed by atoms with E-state index in [2.05, 4.69) is 5.32 Å². The molecule has 1 rings (SSSR count). The fourth-order valence-corrected chi connectivity index (χ4v) is 1.98. The van der Waals surface area contributed by atoms with E-state index in [9.17, 15) is 4.79 Å². The van der Waals surface area contributed by atoms with Crippen LogP contribution in [0, 0.1) is 5.92 Å². The van der Waals surface area contributed by atoms with Crippen molar-refractivity contribution in [2.75, 3.05) is 25.5 Å². The van der Waals surface area contributed by atoms with Gasteiger partial charge in [-0.2, -0.15) is 0 Å². The molecule has 1 unspecified atom stereocenters. The van der Waals surface area contributed by atoms with Gasteiger partial charge in [0.25, 0.3) is 5.91 Å². The minimum Gasteiger partial charge on any atom is -0.494 e. The number of nitrogen functional groups attached to an aromatic ring is 1. The molecule has 5 heteroatoms. The van der Waals surface area contributed by atoms with Crippen LogP contribution in [0.5, 0.6) is 5.75 Å². The minimum absolute atomic E-state index is 0.140. The largest absolute Gasteiger partial charge is 0.494 e. The molecular formula is C15H24N2O3. The number of carbonyl (C=O) groups is 1. The van der Waals surface area contributed by atoms with E-state index in [1.165, 1.54) is 0 Å². The Labute approximate surface area is 120 Å². The van der Waals surface area contributed by atoms with Gasteiger partial charge in [0.15, 0.2) is 0 Å². The molecule has 4 N–H and O–H groups in total. The SMILES string of the molecule is CCOc1cc(N)cc(C(=O)NCC(CC)CCO)c1. The molecule has 0 aliphatic rings. The van der Waals surface area contributed by atoms with E-state index in [1.807, 2.05) is 13.8 Å². The van der Waals surface area contributed by atoms with Gasteiger partial charge < -0.3 is 20.9 Å². The number of hydrogen-bond acceptors (Lipinski definition) is 4. The van der Waals surface area contributed by atoms with Gasteiger partial charge in [0.2, 0.25) is 0 Å². The molecule has 5 nitrogen and oxygen atoms in total. The molecule has 20 heavy (non-hydrogen) atoms. The summed E-state index contributed by atoms with van der Waals surface area (Å²) in [7, 11) is 0. The van der Waals surface area contributed by atoms with Gasteiger partial charge in [-0.25, -0.2) is 0 Å². The lowest BCUT2D eigenvalue weighted by Crippen LogP contribution is -2.29. The predicted molar refractivity (Wildman–Crippen MR) is 79.8 cm³/mol. The van der Waals surface area contributed by atoms with Crippen molar-refractivity contribution in [3.8, 4) is 5.75 Å². The highest BCUT2D eigenvalue weighted by molar-refractivity contribution is 5.95. The molecule has 0 spiro atoms. The maximum Gasteiger partial charge on any atom is 0.251 e. The number of aliphatic hydroxyl groups is 1. The van der Waals surface area contributed by atoms with E-state index in [0.717, 1.165) is 6.42 Å². The number of rotatable bonds is 8. The number of carbonyl (C=O) groups excluding carboxylic acids is 1. The van der Waals surface area contributed by atoms with Crippen LogP contribution in [0.2, 0.25) is 0 Å². The minimum atomic E-state index is -0.172. The highest BCUT2D eigenvalue weighted by atomic mass is 16.5. The Morgan fingerprint density at radius 1 is 1.40 bits per heavy atom. The van der Waals surface area contributed by atoms with Crippen molar-refractivity contribution < 1.29 is 14.6 Å². The number of nitrogens with one attached hydrogen (secondary N) is 1. The third-order valence-electron chi connectivity index (χ3n) is 3.17. The van der Waals surface area contributed by atoms with Crippen LogP contribution in [0.1, 0.15) is 37.0 Å². The zero-order chi connectivity index (χ0) is 15.0. The molecule has 1 amide bonds. The zero-order valence-electron chi connectivity index (χ0n) is 12.2. The molecule has 0 fully saturated rings. The molecule has 0 aliphatic carbocycles. The summed E-state index contributed by atoms with van der Waals surface area (Å²) in [5.41, 5.74) is 6.76. The Morgan fingerprint density at radius 2 is 2.15 bits per heavy atom. The number of hydrogen-bond donors (Lipinski definition) is 3. The second-order valence-corrected chi connectivity index (χ2v) is 4.72. The van der Waals surface area contributed by atoms with Gasteiger partial charge in [-0.1, -0.05) is 13.3 Å². The lowest BCUT2D eigenvalue weighted by molar-refractivity contribution is 0.0943. The van der Waals surface area contributed by atoms with Crippen LogP contribution in [0.15, 0.2) is 18.2 Å². The van der Waals surface area contributed by atoms with Gasteiger partial charge >= 0.3 is 0 Å². The van der Waals surface area contributed by atoms with Crippen molar-refractivity contribution in [3.05, 3.63) is 23.8 Å². The van der Waals surface area contributed by atoms with Crippen LogP contribution in [-0.2, 0) is 0 Å². The molecule has 0 radical (unpaired) electrons. The van der Waals surface area contributed by atoms with Crippen molar-refractivity contribution in [2.45, 2.75) is 26.7 Å². The predicted octanol–water partition coefficient (Wildman–Crippen LogP) is 1.81. The average molecular weight is 280 g/mol. The maximum absolute atomic E-state index is 12.1. The van der Waals surface area contributed by atoms with Gasteiger partial charge in [-0.15, -0.1) is 0 Å². The summed E-state index contributed by atoms with van der Waals surface area (Å²) in [6, 6.07) is 5.01. The zero-order valence-corrected chi connectivity index (χ0v) is 12.2. The van der Waals surface area contributed by atoms with Crippen LogP contribution in [0.3, 0.4) is 0 Å². The van der Waals surface area contributed by atoms with Crippen LogP contribution in [0.25, 0.3) is 0 Å². The van der Waals surface area contributed by atoms with Crippen molar-refractivity contribution >= 4 is 11.6 Å². The second kappa shape index (κ2) is 8.43. The molecule has 0 aliphatic heterocycles. The van der Waals surface area contributed by atoms with Crippen LogP contribution < -0.4 is 15.8 Å². The van der Waals surface area contributed by atoms with Crippen LogP contribution in [-0.4, -0.2) is 30.8 Å². The lowest BCUT2D eigenvalue weighted by Gasteiger charge is -2.15. The van der Waals surface area contributed by atoms with E-state index in [1.54, 1.807) is 18.2 Å². The first kappa shape index (κ1) is 16.3. The van der Waals surface area contributed by atoms with Crippen molar-refractivity contribution in [1.29, 1.82) is 0 Å². The van der Waals surface area contributed by atoms with E-state index in [4.69, 9.17) is 15.6 Å². The quantitative estimate of drug-likeness (QED) is 0.634. The topological polar surface area (TPSA) is 84.6 Å². The summed E-state index contributed by atoms with van der Waals surface area (Å²) in [5.74, 6) is 0.714. The number of benzene rings is 1. The Balaban J connectivity index is 2.67. The summed E-state index contributed by atoms with van der Waals surface area (Å²) in [6.45, 7) is 5.14. The first-order chi connectivity index (χ1) is 9.60. The molecular weight excluding hydrogens is 256 g/mol. The Bertz CT molecular complexity index is 435. The van der Waals surface area contributed by atoms with Crippen molar-refractivity contribution in [3.63, 3.8) is 0 Å². The van der Waals surface area contributed by atoms with Gasteiger partial charge in [-0.3, -0.25) is 4.79 Å². The third-order valence-corrected chi connectivity index (χ3v) is 3.17. The smallest absolute Gasteiger partial charge is 0.251 e. The third kappa shape index (κ3) is 5.09. The molecule has 0 heterocycles. The number of ether oxygens (including phenoxy) is 1. The summed E-state index contributed by atoms with van der Waals surface area (Å²) in [6.07, 6.45) is 1.61. The Hall–Kier alpha value is -1.75. The second-order valence-electron chi connectivity index (χ2n) is 4.72. The first-order valence-electron chi connectivity index (χ1n) is 7.03. The fraction of sp³-hybridized carbons (Fsp3) is 0.533. The van der Waals surface area contributed by atoms with Gasteiger partial charge in [0.05, 0.1) is 6.61 Å². The number of anilines is 1. The molecule has 0 saturated carbocycles. The Morgan fingerprint density at radius 3 is 2.75 bits per heavy atom. The van der Waals surface area contributed by atoms with Crippen molar-refractivity contribution in [2.24, 2.45) is 5.92 Å². The van der Waals surface area contributed by atoms with Crippen LogP contribution >= 0.6 is 0 Å². The van der Waals surface area contributed by atoms with E-state index in [0.29, 0.717) is 36.6 Å². The molecule has 0 bridgehead atoms.